The monoisotopic (exact) mass is 750 g/mol. The molecule has 1 aliphatic carbocycles. The summed E-state index contributed by atoms with van der Waals surface area (Å²) in [5, 5.41) is 5.42. The summed E-state index contributed by atoms with van der Waals surface area (Å²) >= 11 is 0. The first-order chi connectivity index (χ1) is 26.5. The Kier molecular flexibility index (Phi) is 10.7. The lowest BCUT2D eigenvalue weighted by atomic mass is 9.78. The number of methoxy groups -OCH3 is 2. The molecule has 4 N–H and O–H groups in total. The number of H-pyrrole nitrogens is 2. The molecule has 290 valence electrons. The molecule has 3 aliphatic rings. The molecule has 2 aliphatic heterocycles. The maximum Gasteiger partial charge on any atom is 0.407 e. The largest absolute Gasteiger partial charge is 0.453 e. The summed E-state index contributed by atoms with van der Waals surface area (Å²) < 4.78 is 9.55. The van der Waals surface area contributed by atoms with Gasteiger partial charge in [0.05, 0.1) is 50.1 Å². The van der Waals surface area contributed by atoms with Crippen LogP contribution in [0.5, 0.6) is 0 Å². The van der Waals surface area contributed by atoms with Crippen molar-refractivity contribution in [1.29, 1.82) is 0 Å². The van der Waals surface area contributed by atoms with Crippen LogP contribution in [0.3, 0.4) is 0 Å². The zero-order valence-electron chi connectivity index (χ0n) is 32.3. The maximum absolute atomic E-state index is 13.7. The van der Waals surface area contributed by atoms with Gasteiger partial charge < -0.3 is 39.9 Å². The van der Waals surface area contributed by atoms with Crippen molar-refractivity contribution in [2.24, 2.45) is 11.8 Å². The van der Waals surface area contributed by atoms with Gasteiger partial charge in [-0.15, -0.1) is 0 Å². The van der Waals surface area contributed by atoms with E-state index in [4.69, 9.17) is 19.4 Å². The van der Waals surface area contributed by atoms with Crippen LogP contribution in [0.4, 0.5) is 9.59 Å². The second-order valence-electron chi connectivity index (χ2n) is 15.3. The number of nitrogens with zero attached hydrogens (tertiary/aromatic N) is 4. The lowest BCUT2D eigenvalue weighted by Gasteiger charge is -2.37. The quantitative estimate of drug-likeness (QED) is 0.124. The number of carbonyl (C=O) groups excluding carboxylic acids is 4. The molecule has 2 fully saturated rings. The molecule has 0 radical (unpaired) electrons. The predicted octanol–water partition coefficient (Wildman–Crippen LogP) is 6.59. The van der Waals surface area contributed by atoms with Crippen LogP contribution in [0.1, 0.15) is 83.5 Å². The lowest BCUT2D eigenvalue weighted by molar-refractivity contribution is -0.138. The van der Waals surface area contributed by atoms with Crippen molar-refractivity contribution in [2.75, 3.05) is 27.3 Å². The Labute approximate surface area is 320 Å². The van der Waals surface area contributed by atoms with Crippen LogP contribution in [0, 0.1) is 11.8 Å². The van der Waals surface area contributed by atoms with Crippen LogP contribution in [0.2, 0.25) is 0 Å². The van der Waals surface area contributed by atoms with Crippen LogP contribution < -0.4 is 10.6 Å². The fourth-order valence-corrected chi connectivity index (χ4v) is 8.13. The van der Waals surface area contributed by atoms with Crippen LogP contribution in [-0.2, 0) is 19.1 Å². The number of benzene rings is 2. The highest BCUT2D eigenvalue weighted by Gasteiger charge is 2.38. The molecule has 2 saturated heterocycles. The second kappa shape index (κ2) is 15.6. The Hall–Kier alpha value is -5.66. The van der Waals surface area contributed by atoms with E-state index in [2.05, 4.69) is 57.0 Å². The van der Waals surface area contributed by atoms with Crippen molar-refractivity contribution in [3.05, 3.63) is 60.4 Å². The zero-order chi connectivity index (χ0) is 39.0. The van der Waals surface area contributed by atoms with Crippen LogP contribution in [0.15, 0.2) is 48.8 Å². The first kappa shape index (κ1) is 37.6. The number of nitrogens with one attached hydrogen (secondary N) is 4. The van der Waals surface area contributed by atoms with Crippen LogP contribution >= 0.6 is 0 Å². The minimum absolute atomic E-state index is 0.106. The molecule has 4 heterocycles. The molecule has 2 aromatic carbocycles. The summed E-state index contributed by atoms with van der Waals surface area (Å²) in [4.78, 5) is 71.4. The molecule has 4 atom stereocenters. The number of alkyl carbamates (subject to hydrolysis) is 2. The van der Waals surface area contributed by atoms with E-state index < -0.39 is 24.3 Å². The van der Waals surface area contributed by atoms with Crippen molar-refractivity contribution in [3.8, 4) is 44.8 Å². The van der Waals surface area contributed by atoms with Crippen molar-refractivity contribution < 1.29 is 28.7 Å². The minimum atomic E-state index is -0.694. The molecule has 4 unspecified atom stereocenters. The highest BCUT2D eigenvalue weighted by molar-refractivity contribution is 6.04. The van der Waals surface area contributed by atoms with Gasteiger partial charge in [-0.1, -0.05) is 52.0 Å². The number of ether oxygens (including phenoxy) is 2. The van der Waals surface area contributed by atoms with Gasteiger partial charge in [-0.3, -0.25) is 9.59 Å². The van der Waals surface area contributed by atoms with Gasteiger partial charge in [0.25, 0.3) is 0 Å². The Morgan fingerprint density at radius 1 is 0.655 bits per heavy atom. The summed E-state index contributed by atoms with van der Waals surface area (Å²) in [5.74, 6) is 0.975. The molecule has 4 amide bonds. The summed E-state index contributed by atoms with van der Waals surface area (Å²) in [6.45, 7) is 8.81. The Balaban J connectivity index is 1.05. The third kappa shape index (κ3) is 7.29. The van der Waals surface area contributed by atoms with Gasteiger partial charge in [-0.25, -0.2) is 19.6 Å². The summed E-state index contributed by atoms with van der Waals surface area (Å²) in [7, 11) is 2.59. The van der Waals surface area contributed by atoms with E-state index in [-0.39, 0.29) is 35.7 Å². The van der Waals surface area contributed by atoms with E-state index in [1.165, 1.54) is 14.2 Å². The number of piperidine rings is 1. The highest BCUT2D eigenvalue weighted by atomic mass is 16.5. The molecule has 0 spiro atoms. The average molecular weight is 751 g/mol. The normalized spacial score (nSPS) is 18.6. The number of fused-ring (bicyclic) bond motifs is 4. The zero-order valence-corrected chi connectivity index (χ0v) is 32.3. The molecule has 2 aromatic heterocycles. The van der Waals surface area contributed by atoms with E-state index in [0.717, 1.165) is 88.5 Å². The van der Waals surface area contributed by atoms with Crippen LogP contribution in [0.25, 0.3) is 44.8 Å². The van der Waals surface area contributed by atoms with Gasteiger partial charge in [-0.05, 0) is 78.3 Å². The molecule has 4 aromatic rings. The fraction of sp³-hybridized carbons (Fsp3) is 0.463. The van der Waals surface area contributed by atoms with Crippen molar-refractivity contribution in [1.82, 2.24) is 40.4 Å². The summed E-state index contributed by atoms with van der Waals surface area (Å²) in [6.07, 6.45) is 6.69. The first-order valence-corrected chi connectivity index (χ1v) is 19.2. The molecule has 14 nitrogen and oxygen atoms in total. The Bertz CT molecular complexity index is 2090. The molecular weight excluding hydrogens is 701 g/mol. The number of aromatic nitrogens is 4. The molecule has 14 heteroatoms. The molecule has 7 rings (SSSR count). The van der Waals surface area contributed by atoms with E-state index in [1.807, 2.05) is 49.9 Å². The lowest BCUT2D eigenvalue weighted by Crippen LogP contribution is -2.53. The summed E-state index contributed by atoms with van der Waals surface area (Å²) in [6, 6.07) is 11.0. The van der Waals surface area contributed by atoms with Gasteiger partial charge in [-0.2, -0.15) is 0 Å². The van der Waals surface area contributed by atoms with Gasteiger partial charge in [0, 0.05) is 24.2 Å². The number of amides is 4. The molecule has 0 saturated carbocycles. The van der Waals surface area contributed by atoms with E-state index in [9.17, 15) is 19.2 Å². The molecule has 55 heavy (non-hydrogen) atoms. The smallest absolute Gasteiger partial charge is 0.407 e. The topological polar surface area (TPSA) is 175 Å². The third-order valence-corrected chi connectivity index (χ3v) is 11.2. The van der Waals surface area contributed by atoms with Crippen LogP contribution in [-0.4, -0.2) is 93.1 Å². The highest BCUT2D eigenvalue weighted by Crippen LogP contribution is 2.49. The Morgan fingerprint density at radius 3 is 1.53 bits per heavy atom. The van der Waals surface area contributed by atoms with Gasteiger partial charge in [0.2, 0.25) is 11.8 Å². The standard InChI is InChI=1S/C41H50N8O6/c1-22(2)34(46-40(52)54-5)38(50)48-16-8-7-10-32(48)36-42-20-30(44-36)24-12-14-26-28(18-24)27-15-13-25(19-29(26)27)31-21-43-37(45-31)33-11-9-17-49(33)39(51)35(23(3)4)47-41(53)55-6/h12-15,18-23,32-35H,7-11,16-17H2,1-6H3,(H,42,44)(H,43,45)(H,46,52)(H,47,53). The molecule has 0 bridgehead atoms. The fourth-order valence-electron chi connectivity index (χ4n) is 8.13. The Morgan fingerprint density at radius 2 is 1.09 bits per heavy atom. The van der Waals surface area contributed by atoms with E-state index in [0.29, 0.717) is 13.1 Å². The van der Waals surface area contributed by atoms with E-state index >= 15 is 0 Å². The van der Waals surface area contributed by atoms with Crippen molar-refractivity contribution in [3.63, 3.8) is 0 Å². The van der Waals surface area contributed by atoms with Gasteiger partial charge in [0.1, 0.15) is 23.7 Å². The number of likely N-dealkylation sites (tertiary alicyclic amines) is 2. The maximum atomic E-state index is 13.7. The third-order valence-electron chi connectivity index (χ3n) is 11.2. The number of rotatable bonds is 10. The van der Waals surface area contributed by atoms with Crippen molar-refractivity contribution >= 4 is 24.0 Å². The second-order valence-corrected chi connectivity index (χ2v) is 15.3. The first-order valence-electron chi connectivity index (χ1n) is 19.2. The van der Waals surface area contributed by atoms with Gasteiger partial charge in [0.15, 0.2) is 0 Å². The average Bonchev–Trinajstić information content (AvgIpc) is 3.99. The SMILES string of the molecule is COC(=O)NC(C(=O)N1CCCCC1c1ncc(-c2ccc3c(c2)-c2ccc(-c4cnc(C5CCCN5C(=O)C(NC(=O)OC)C(C)C)[nH]4)cc2-3)[nH]1)C(C)C. The number of hydrogen-bond donors (Lipinski definition) is 4. The number of hydrogen-bond acceptors (Lipinski definition) is 8. The number of imidazole rings is 2. The minimum Gasteiger partial charge on any atom is -0.453 e. The number of carbonyl (C=O) groups is 4. The summed E-state index contributed by atoms with van der Waals surface area (Å²) in [5.41, 5.74) is 8.38. The number of aromatic amines is 2. The predicted molar refractivity (Wildman–Crippen MR) is 206 cm³/mol. The molecular formula is C41H50N8O6. The van der Waals surface area contributed by atoms with E-state index in [1.54, 1.807) is 0 Å². The van der Waals surface area contributed by atoms with Crippen molar-refractivity contribution in [2.45, 2.75) is 84.0 Å². The van der Waals surface area contributed by atoms with Gasteiger partial charge >= 0.3 is 12.2 Å².